The molecule has 200 valence electrons. The number of amides is 1. The van der Waals surface area contributed by atoms with E-state index in [1.54, 1.807) is 24.3 Å². The zero-order chi connectivity index (χ0) is 27.8. The van der Waals surface area contributed by atoms with E-state index in [1.165, 1.54) is 29.2 Å². The lowest BCUT2D eigenvalue weighted by Gasteiger charge is -2.26. The van der Waals surface area contributed by atoms with Gasteiger partial charge in [0.05, 0.1) is 23.6 Å². The first-order valence-corrected chi connectivity index (χ1v) is 13.0. The van der Waals surface area contributed by atoms with Crippen LogP contribution in [0.1, 0.15) is 45.8 Å². The first-order chi connectivity index (χ1) is 19.4. The lowest BCUT2D eigenvalue weighted by Crippen LogP contribution is -2.29. The summed E-state index contributed by atoms with van der Waals surface area (Å²) < 4.78 is 31.9. The summed E-state index contributed by atoms with van der Waals surface area (Å²) in [4.78, 5) is 29.2. The Bertz CT molecular complexity index is 1780. The van der Waals surface area contributed by atoms with E-state index in [4.69, 9.17) is 13.9 Å². The van der Waals surface area contributed by atoms with Crippen molar-refractivity contribution in [2.45, 2.75) is 26.5 Å². The maximum Gasteiger partial charge on any atom is 0.295 e. The Hall–Kier alpha value is -4.91. The number of rotatable bonds is 7. The number of aryl methyl sites for hydroxylation is 1. The molecule has 4 aromatic carbocycles. The standard InChI is InChI=1S/C33H26FNO5/c1-3-38-28-18-22(10-16-27(28)39-19-21-7-5-4-6-8-21)30-29-31(36)25-17-20(2)9-15-26(25)40-32(29)33(37)35(30)24-13-11-23(34)12-14-24/h4-18,30H,3,19H2,1-2H3. The third-order valence-electron chi connectivity index (χ3n) is 6.95. The molecule has 0 aliphatic carbocycles. The van der Waals surface area contributed by atoms with Gasteiger partial charge in [-0.2, -0.15) is 0 Å². The number of fused-ring (bicyclic) bond motifs is 2. The highest BCUT2D eigenvalue weighted by atomic mass is 19.1. The Kier molecular flexibility index (Phi) is 6.56. The van der Waals surface area contributed by atoms with Crippen molar-refractivity contribution in [2.24, 2.45) is 0 Å². The van der Waals surface area contributed by atoms with E-state index < -0.39 is 17.8 Å². The van der Waals surface area contributed by atoms with Gasteiger partial charge in [-0.25, -0.2) is 4.39 Å². The molecule has 0 fully saturated rings. The Morgan fingerprint density at radius 2 is 1.65 bits per heavy atom. The molecule has 6 rings (SSSR count). The van der Waals surface area contributed by atoms with Crippen LogP contribution in [0.25, 0.3) is 11.0 Å². The molecule has 40 heavy (non-hydrogen) atoms. The highest BCUT2D eigenvalue weighted by Gasteiger charge is 2.44. The van der Waals surface area contributed by atoms with Crippen LogP contribution in [0, 0.1) is 12.7 Å². The molecule has 1 aliphatic rings. The zero-order valence-corrected chi connectivity index (χ0v) is 22.0. The largest absolute Gasteiger partial charge is 0.490 e. The molecule has 1 aromatic heterocycles. The average molecular weight is 536 g/mol. The maximum atomic E-state index is 13.9. The molecule has 1 unspecified atom stereocenters. The Balaban J connectivity index is 1.50. The van der Waals surface area contributed by atoms with Gasteiger partial charge in [-0.3, -0.25) is 14.5 Å². The van der Waals surface area contributed by atoms with Crippen molar-refractivity contribution in [2.75, 3.05) is 11.5 Å². The van der Waals surface area contributed by atoms with Crippen molar-refractivity contribution < 1.29 is 23.1 Å². The minimum Gasteiger partial charge on any atom is -0.490 e. The Morgan fingerprint density at radius 3 is 2.40 bits per heavy atom. The zero-order valence-electron chi connectivity index (χ0n) is 22.0. The van der Waals surface area contributed by atoms with E-state index in [1.807, 2.05) is 56.3 Å². The number of benzene rings is 4. The quantitative estimate of drug-likeness (QED) is 0.225. The summed E-state index contributed by atoms with van der Waals surface area (Å²) in [6.45, 7) is 4.50. The number of halogens is 1. The first kappa shape index (κ1) is 25.4. The molecule has 0 radical (unpaired) electrons. The Labute approximate surface area is 230 Å². The second-order valence-electron chi connectivity index (χ2n) is 9.64. The lowest BCUT2D eigenvalue weighted by atomic mass is 9.97. The number of carbonyl (C=O) groups excluding carboxylic acids is 1. The van der Waals surface area contributed by atoms with Gasteiger partial charge in [-0.1, -0.05) is 48.0 Å². The van der Waals surface area contributed by atoms with Crippen LogP contribution >= 0.6 is 0 Å². The molecule has 0 N–H and O–H groups in total. The van der Waals surface area contributed by atoms with Crippen molar-refractivity contribution >= 4 is 22.6 Å². The van der Waals surface area contributed by atoms with Crippen molar-refractivity contribution in [3.63, 3.8) is 0 Å². The van der Waals surface area contributed by atoms with E-state index in [0.717, 1.165) is 11.1 Å². The van der Waals surface area contributed by atoms with Crippen LogP contribution < -0.4 is 19.8 Å². The fourth-order valence-electron chi connectivity index (χ4n) is 5.09. The molecule has 0 saturated carbocycles. The van der Waals surface area contributed by atoms with E-state index in [2.05, 4.69) is 0 Å². The molecule has 1 aliphatic heterocycles. The maximum absolute atomic E-state index is 13.9. The molecule has 0 spiro atoms. The summed E-state index contributed by atoms with van der Waals surface area (Å²) >= 11 is 0. The van der Waals surface area contributed by atoms with E-state index >= 15 is 0 Å². The summed E-state index contributed by atoms with van der Waals surface area (Å²) in [5.41, 5.74) is 3.25. The van der Waals surface area contributed by atoms with Crippen LogP contribution in [0.15, 0.2) is 100 Å². The van der Waals surface area contributed by atoms with Gasteiger partial charge in [-0.15, -0.1) is 0 Å². The molecule has 0 bridgehead atoms. The molecule has 1 atom stereocenters. The summed E-state index contributed by atoms with van der Waals surface area (Å²) in [6.07, 6.45) is 0. The van der Waals surface area contributed by atoms with Gasteiger partial charge >= 0.3 is 0 Å². The third kappa shape index (κ3) is 4.49. The predicted molar refractivity (Wildman–Crippen MR) is 151 cm³/mol. The topological polar surface area (TPSA) is 69.0 Å². The molecule has 6 nitrogen and oxygen atoms in total. The second-order valence-corrected chi connectivity index (χ2v) is 9.64. The highest BCUT2D eigenvalue weighted by Crippen LogP contribution is 2.43. The monoisotopic (exact) mass is 535 g/mol. The fraction of sp³-hybridized carbons (Fsp3) is 0.152. The van der Waals surface area contributed by atoms with E-state index in [0.29, 0.717) is 46.9 Å². The molecular weight excluding hydrogens is 509 g/mol. The number of ether oxygens (including phenoxy) is 2. The third-order valence-corrected chi connectivity index (χ3v) is 6.95. The Morgan fingerprint density at radius 1 is 0.875 bits per heavy atom. The summed E-state index contributed by atoms with van der Waals surface area (Å²) in [6, 6.07) is 25.2. The van der Waals surface area contributed by atoms with Crippen molar-refractivity contribution in [1.82, 2.24) is 0 Å². The van der Waals surface area contributed by atoms with Gasteiger partial charge in [0.15, 0.2) is 16.9 Å². The van der Waals surface area contributed by atoms with Crippen molar-refractivity contribution in [3.05, 3.63) is 135 Å². The van der Waals surface area contributed by atoms with E-state index in [9.17, 15) is 14.0 Å². The number of hydrogen-bond donors (Lipinski definition) is 0. The summed E-state index contributed by atoms with van der Waals surface area (Å²) in [5, 5.41) is 0.394. The lowest BCUT2D eigenvalue weighted by molar-refractivity contribution is 0.0971. The van der Waals surface area contributed by atoms with Gasteiger partial charge in [0.25, 0.3) is 5.91 Å². The van der Waals surface area contributed by atoms with Crippen molar-refractivity contribution in [3.8, 4) is 11.5 Å². The van der Waals surface area contributed by atoms with Crippen LogP contribution in [-0.2, 0) is 6.61 Å². The molecule has 0 saturated heterocycles. The average Bonchev–Trinajstić information content (AvgIpc) is 3.26. The molecule has 1 amide bonds. The normalized spacial score (nSPS) is 14.4. The summed E-state index contributed by atoms with van der Waals surface area (Å²) in [5.74, 6) is 0.0791. The van der Waals surface area contributed by atoms with Gasteiger partial charge in [-0.05, 0) is 73.5 Å². The number of nitrogens with zero attached hydrogens (tertiary/aromatic N) is 1. The number of anilines is 1. The van der Waals surface area contributed by atoms with Crippen LogP contribution in [-0.4, -0.2) is 12.5 Å². The summed E-state index contributed by atoms with van der Waals surface area (Å²) in [7, 11) is 0. The predicted octanol–water partition coefficient (Wildman–Crippen LogP) is 6.97. The van der Waals surface area contributed by atoms with Crippen LogP contribution in [0.5, 0.6) is 11.5 Å². The fourth-order valence-corrected chi connectivity index (χ4v) is 5.09. The molecular formula is C33H26FNO5. The SMILES string of the molecule is CCOc1cc(C2c3c(oc4ccc(C)cc4c3=O)C(=O)N2c2ccc(F)cc2)ccc1OCc1ccccc1. The highest BCUT2D eigenvalue weighted by molar-refractivity contribution is 6.10. The first-order valence-electron chi connectivity index (χ1n) is 13.0. The number of hydrogen-bond acceptors (Lipinski definition) is 5. The minimum absolute atomic E-state index is 0.0296. The van der Waals surface area contributed by atoms with Gasteiger partial charge in [0, 0.05) is 5.69 Å². The smallest absolute Gasteiger partial charge is 0.295 e. The van der Waals surface area contributed by atoms with Crippen LogP contribution in [0.3, 0.4) is 0 Å². The second kappa shape index (κ2) is 10.3. The van der Waals surface area contributed by atoms with Crippen LogP contribution in [0.2, 0.25) is 0 Å². The molecule has 7 heteroatoms. The van der Waals surface area contributed by atoms with Gasteiger partial charge in [0.2, 0.25) is 5.76 Å². The van der Waals surface area contributed by atoms with Crippen LogP contribution in [0.4, 0.5) is 10.1 Å². The van der Waals surface area contributed by atoms with E-state index in [-0.39, 0.29) is 16.8 Å². The molecule has 5 aromatic rings. The minimum atomic E-state index is -0.823. The van der Waals surface area contributed by atoms with Crippen molar-refractivity contribution in [1.29, 1.82) is 0 Å². The molecule has 2 heterocycles. The number of carbonyl (C=O) groups is 1. The van der Waals surface area contributed by atoms with Gasteiger partial charge < -0.3 is 13.9 Å². The van der Waals surface area contributed by atoms with Gasteiger partial charge in [0.1, 0.15) is 18.0 Å².